The van der Waals surface area contributed by atoms with Crippen LogP contribution in [0.25, 0.3) is 12.2 Å². The summed E-state index contributed by atoms with van der Waals surface area (Å²) in [6.45, 7) is 0. The highest BCUT2D eigenvalue weighted by atomic mass is 16.5. The molecule has 0 aliphatic heterocycles. The lowest BCUT2D eigenvalue weighted by Gasteiger charge is -2.13. The average Bonchev–Trinajstić information content (AvgIpc) is 2.80. The van der Waals surface area contributed by atoms with Crippen LogP contribution in [0.2, 0.25) is 0 Å². The Morgan fingerprint density at radius 3 is 1.84 bits per heavy atom. The molecule has 0 aliphatic carbocycles. The van der Waals surface area contributed by atoms with Crippen LogP contribution in [0, 0.1) is 0 Å². The lowest BCUT2D eigenvalue weighted by atomic mass is 10.1. The number of carbonyl (C=O) groups excluding carboxylic acids is 2. The van der Waals surface area contributed by atoms with Crippen molar-refractivity contribution in [2.75, 3.05) is 35.5 Å². The van der Waals surface area contributed by atoms with Crippen molar-refractivity contribution in [2.45, 2.75) is 6.42 Å². The molecule has 7 nitrogen and oxygen atoms in total. The van der Waals surface area contributed by atoms with Gasteiger partial charge in [0.2, 0.25) is 5.75 Å². The highest BCUT2D eigenvalue weighted by Gasteiger charge is 2.14. The fourth-order valence-electron chi connectivity index (χ4n) is 2.87. The second kappa shape index (κ2) is 11.4. The standard InChI is InChI=1S/C24H26O7/c1-27-20-12-7-16(14-22(20)29-3)6-10-18(25)15-19(26)11-8-17-9-13-21(28-2)24(31-5)23(17)30-4/h6-14H,15H2,1-5H3/b10-6+,11-8+. The van der Waals surface area contributed by atoms with E-state index in [1.165, 1.54) is 40.6 Å². The van der Waals surface area contributed by atoms with Gasteiger partial charge < -0.3 is 23.7 Å². The summed E-state index contributed by atoms with van der Waals surface area (Å²) in [7, 11) is 7.61. The minimum atomic E-state index is -0.334. The highest BCUT2D eigenvalue weighted by Crippen LogP contribution is 2.40. The second-order valence-corrected chi connectivity index (χ2v) is 6.31. The molecule has 0 atom stereocenters. The molecule has 2 aromatic rings. The fraction of sp³-hybridized carbons (Fsp3) is 0.250. The number of rotatable bonds is 11. The van der Waals surface area contributed by atoms with Gasteiger partial charge in [0.15, 0.2) is 34.6 Å². The van der Waals surface area contributed by atoms with Crippen LogP contribution in [0.3, 0.4) is 0 Å². The average molecular weight is 426 g/mol. The van der Waals surface area contributed by atoms with E-state index in [9.17, 15) is 9.59 Å². The van der Waals surface area contributed by atoms with Gasteiger partial charge in [0.05, 0.1) is 42.0 Å². The summed E-state index contributed by atoms with van der Waals surface area (Å²) >= 11 is 0. The van der Waals surface area contributed by atoms with E-state index in [1.807, 2.05) is 0 Å². The van der Waals surface area contributed by atoms with Crippen molar-refractivity contribution in [3.8, 4) is 28.7 Å². The largest absolute Gasteiger partial charge is 0.493 e. The van der Waals surface area contributed by atoms with Crippen molar-refractivity contribution in [3.63, 3.8) is 0 Å². The van der Waals surface area contributed by atoms with E-state index in [0.717, 1.165) is 5.56 Å². The van der Waals surface area contributed by atoms with E-state index in [1.54, 1.807) is 49.6 Å². The minimum absolute atomic E-state index is 0.254. The number of ketones is 2. The van der Waals surface area contributed by atoms with Crippen LogP contribution in [-0.2, 0) is 9.59 Å². The molecule has 2 aromatic carbocycles. The topological polar surface area (TPSA) is 80.3 Å². The Kier molecular flexibility index (Phi) is 8.69. The van der Waals surface area contributed by atoms with Gasteiger partial charge in [0.25, 0.3) is 0 Å². The molecular formula is C24H26O7. The smallest absolute Gasteiger partial charge is 0.203 e. The van der Waals surface area contributed by atoms with E-state index in [-0.39, 0.29) is 18.0 Å². The Morgan fingerprint density at radius 2 is 1.26 bits per heavy atom. The summed E-state index contributed by atoms with van der Waals surface area (Å²) in [5, 5.41) is 0. The molecule has 0 saturated heterocycles. The third-order valence-corrected chi connectivity index (χ3v) is 4.40. The molecule has 0 saturated carbocycles. The normalized spacial score (nSPS) is 10.9. The molecule has 0 aliphatic rings. The van der Waals surface area contributed by atoms with E-state index in [0.29, 0.717) is 34.3 Å². The van der Waals surface area contributed by atoms with E-state index < -0.39 is 0 Å². The highest BCUT2D eigenvalue weighted by molar-refractivity contribution is 6.11. The molecule has 0 amide bonds. The van der Waals surface area contributed by atoms with Gasteiger partial charge in [-0.3, -0.25) is 9.59 Å². The summed E-state index contributed by atoms with van der Waals surface area (Å²) in [5.74, 6) is 1.87. The van der Waals surface area contributed by atoms with Crippen LogP contribution < -0.4 is 23.7 Å². The lowest BCUT2D eigenvalue weighted by molar-refractivity contribution is -0.121. The van der Waals surface area contributed by atoms with Crippen LogP contribution in [0.4, 0.5) is 0 Å². The van der Waals surface area contributed by atoms with Gasteiger partial charge in [-0.15, -0.1) is 0 Å². The Morgan fingerprint density at radius 1 is 0.677 bits per heavy atom. The molecule has 0 bridgehead atoms. The third kappa shape index (κ3) is 6.12. The molecule has 0 radical (unpaired) electrons. The molecule has 164 valence electrons. The number of ether oxygens (including phenoxy) is 5. The van der Waals surface area contributed by atoms with Gasteiger partial charge in [-0.2, -0.15) is 0 Å². The number of methoxy groups -OCH3 is 5. The molecular weight excluding hydrogens is 400 g/mol. The van der Waals surface area contributed by atoms with Gasteiger partial charge in [0.1, 0.15) is 0 Å². The van der Waals surface area contributed by atoms with Gasteiger partial charge in [-0.05, 0) is 48.1 Å². The van der Waals surface area contributed by atoms with E-state index in [4.69, 9.17) is 23.7 Å². The zero-order chi connectivity index (χ0) is 22.8. The number of allylic oxidation sites excluding steroid dienone is 2. The van der Waals surface area contributed by atoms with Gasteiger partial charge in [0, 0.05) is 5.56 Å². The third-order valence-electron chi connectivity index (χ3n) is 4.40. The Labute approximate surface area is 181 Å². The Hall–Kier alpha value is -3.74. The SMILES string of the molecule is COc1ccc(/C=C/C(=O)CC(=O)/C=C/c2ccc(OC)c(OC)c2OC)cc1OC. The van der Waals surface area contributed by atoms with E-state index in [2.05, 4.69) is 0 Å². The fourth-order valence-corrected chi connectivity index (χ4v) is 2.87. The van der Waals surface area contributed by atoms with Crippen molar-refractivity contribution < 1.29 is 33.3 Å². The summed E-state index contributed by atoms with van der Waals surface area (Å²) in [5.41, 5.74) is 1.38. The van der Waals surface area contributed by atoms with Gasteiger partial charge >= 0.3 is 0 Å². The Balaban J connectivity index is 2.06. The molecule has 0 N–H and O–H groups in total. The zero-order valence-electron chi connectivity index (χ0n) is 18.3. The molecule has 7 heteroatoms. The van der Waals surface area contributed by atoms with Crippen molar-refractivity contribution in [3.05, 3.63) is 53.6 Å². The quantitative estimate of drug-likeness (QED) is 0.397. The molecule has 31 heavy (non-hydrogen) atoms. The van der Waals surface area contributed by atoms with Crippen LogP contribution >= 0.6 is 0 Å². The monoisotopic (exact) mass is 426 g/mol. The number of carbonyl (C=O) groups is 2. The van der Waals surface area contributed by atoms with Crippen LogP contribution in [0.15, 0.2) is 42.5 Å². The Bertz CT molecular complexity index is 990. The maximum absolute atomic E-state index is 12.2. The molecule has 0 heterocycles. The number of hydrogen-bond donors (Lipinski definition) is 0. The van der Waals surface area contributed by atoms with Crippen LogP contribution in [-0.4, -0.2) is 47.1 Å². The molecule has 0 aromatic heterocycles. The number of benzene rings is 2. The van der Waals surface area contributed by atoms with Crippen LogP contribution in [0.1, 0.15) is 17.5 Å². The van der Waals surface area contributed by atoms with Crippen molar-refractivity contribution in [1.82, 2.24) is 0 Å². The molecule has 0 unspecified atom stereocenters. The molecule has 0 spiro atoms. The number of hydrogen-bond acceptors (Lipinski definition) is 7. The summed E-state index contributed by atoms with van der Waals surface area (Å²) in [6.07, 6.45) is 5.65. The van der Waals surface area contributed by atoms with Gasteiger partial charge in [-0.25, -0.2) is 0 Å². The second-order valence-electron chi connectivity index (χ2n) is 6.31. The zero-order valence-corrected chi connectivity index (χ0v) is 18.3. The minimum Gasteiger partial charge on any atom is -0.493 e. The maximum atomic E-state index is 12.2. The molecule has 2 rings (SSSR count). The first-order valence-electron chi connectivity index (χ1n) is 9.40. The van der Waals surface area contributed by atoms with Crippen molar-refractivity contribution in [1.29, 1.82) is 0 Å². The van der Waals surface area contributed by atoms with E-state index >= 15 is 0 Å². The maximum Gasteiger partial charge on any atom is 0.203 e. The predicted molar refractivity (Wildman–Crippen MR) is 118 cm³/mol. The first kappa shape index (κ1) is 23.5. The van der Waals surface area contributed by atoms with Crippen molar-refractivity contribution >= 4 is 23.7 Å². The predicted octanol–water partition coefficient (Wildman–Crippen LogP) is 3.98. The lowest BCUT2D eigenvalue weighted by Crippen LogP contribution is -2.02. The summed E-state index contributed by atoms with van der Waals surface area (Å²) in [6, 6.07) is 8.72. The van der Waals surface area contributed by atoms with Crippen molar-refractivity contribution in [2.24, 2.45) is 0 Å². The first-order chi connectivity index (χ1) is 15.0. The summed E-state index contributed by atoms with van der Waals surface area (Å²) < 4.78 is 26.4. The summed E-state index contributed by atoms with van der Waals surface area (Å²) in [4.78, 5) is 24.4. The van der Waals surface area contributed by atoms with Crippen LogP contribution in [0.5, 0.6) is 28.7 Å². The molecule has 0 fully saturated rings. The first-order valence-corrected chi connectivity index (χ1v) is 9.40. The van der Waals surface area contributed by atoms with Gasteiger partial charge in [-0.1, -0.05) is 12.1 Å².